The summed E-state index contributed by atoms with van der Waals surface area (Å²) in [5, 5.41) is 3.27. The van der Waals surface area contributed by atoms with Crippen molar-refractivity contribution in [3.05, 3.63) is 34.1 Å². The Kier molecular flexibility index (Phi) is 3.14. The number of hydrogen-bond donors (Lipinski definition) is 1. The first-order chi connectivity index (χ1) is 10.0. The Morgan fingerprint density at radius 2 is 1.71 bits per heavy atom. The van der Waals surface area contributed by atoms with E-state index in [-0.39, 0.29) is 17.3 Å². The lowest BCUT2D eigenvalue weighted by Crippen LogP contribution is -2.59. The summed E-state index contributed by atoms with van der Waals surface area (Å²) < 4.78 is 14.0. The third-order valence-corrected chi connectivity index (χ3v) is 6.24. The average molecular weight is 352 g/mol. The summed E-state index contributed by atoms with van der Waals surface area (Å²) in [7, 11) is 0. The molecule has 4 fully saturated rings. The second kappa shape index (κ2) is 4.80. The Hall–Kier alpha value is -0.900. The Labute approximate surface area is 132 Å². The molecule has 0 heterocycles. The van der Waals surface area contributed by atoms with Crippen molar-refractivity contribution in [1.82, 2.24) is 5.32 Å². The summed E-state index contributed by atoms with van der Waals surface area (Å²) in [6.07, 6.45) is 7.39. The van der Waals surface area contributed by atoms with E-state index >= 15 is 0 Å². The van der Waals surface area contributed by atoms with E-state index in [0.29, 0.717) is 10.0 Å². The molecule has 1 aromatic carbocycles. The molecule has 2 nitrogen and oxygen atoms in total. The van der Waals surface area contributed by atoms with Crippen molar-refractivity contribution in [2.45, 2.75) is 44.1 Å². The number of benzene rings is 1. The van der Waals surface area contributed by atoms with Crippen LogP contribution in [0.1, 0.15) is 48.9 Å². The van der Waals surface area contributed by atoms with Gasteiger partial charge in [0.25, 0.3) is 5.91 Å². The van der Waals surface area contributed by atoms with Crippen LogP contribution in [-0.2, 0) is 0 Å². The van der Waals surface area contributed by atoms with Crippen molar-refractivity contribution in [2.75, 3.05) is 0 Å². The van der Waals surface area contributed by atoms with Crippen LogP contribution >= 0.6 is 15.9 Å². The quantitative estimate of drug-likeness (QED) is 0.846. The van der Waals surface area contributed by atoms with E-state index in [1.807, 2.05) is 0 Å². The van der Waals surface area contributed by atoms with E-state index in [4.69, 9.17) is 0 Å². The van der Waals surface area contributed by atoms with Gasteiger partial charge in [0.2, 0.25) is 0 Å². The molecule has 21 heavy (non-hydrogen) atoms. The molecule has 5 rings (SSSR count). The first kappa shape index (κ1) is 13.7. The van der Waals surface area contributed by atoms with Gasteiger partial charge in [-0.25, -0.2) is 4.39 Å². The maximum Gasteiger partial charge on any atom is 0.251 e. The van der Waals surface area contributed by atoms with Crippen molar-refractivity contribution < 1.29 is 9.18 Å². The van der Waals surface area contributed by atoms with Crippen molar-refractivity contribution in [2.24, 2.45) is 17.8 Å². The van der Waals surface area contributed by atoms with Gasteiger partial charge in [-0.1, -0.05) is 0 Å². The maximum atomic E-state index is 13.6. The summed E-state index contributed by atoms with van der Waals surface area (Å²) in [4.78, 5) is 12.5. The predicted octanol–water partition coefficient (Wildman–Crippen LogP) is 4.29. The Balaban J connectivity index is 1.55. The Morgan fingerprint density at radius 3 is 2.24 bits per heavy atom. The van der Waals surface area contributed by atoms with Crippen LogP contribution in [0.4, 0.5) is 4.39 Å². The molecule has 0 atom stereocenters. The van der Waals surface area contributed by atoms with Crippen LogP contribution in [0.3, 0.4) is 0 Å². The molecular formula is C17H19BrFNO. The van der Waals surface area contributed by atoms with Gasteiger partial charge < -0.3 is 5.32 Å². The Morgan fingerprint density at radius 1 is 1.14 bits per heavy atom. The van der Waals surface area contributed by atoms with Crippen molar-refractivity contribution in [1.29, 1.82) is 0 Å². The fraction of sp³-hybridized carbons (Fsp3) is 0.588. The molecule has 4 heteroatoms. The van der Waals surface area contributed by atoms with Gasteiger partial charge in [0.05, 0.1) is 4.47 Å². The zero-order valence-electron chi connectivity index (χ0n) is 11.9. The number of amides is 1. The van der Waals surface area contributed by atoms with Crippen molar-refractivity contribution in [3.63, 3.8) is 0 Å². The fourth-order valence-corrected chi connectivity index (χ4v) is 5.46. The molecule has 4 bridgehead atoms. The van der Waals surface area contributed by atoms with E-state index in [2.05, 4.69) is 21.2 Å². The smallest absolute Gasteiger partial charge is 0.251 e. The van der Waals surface area contributed by atoms with Crippen molar-refractivity contribution in [3.8, 4) is 0 Å². The van der Waals surface area contributed by atoms with E-state index in [1.54, 1.807) is 12.1 Å². The van der Waals surface area contributed by atoms with Crippen LogP contribution in [0, 0.1) is 23.6 Å². The average Bonchev–Trinajstić information content (AvgIpc) is 2.39. The lowest BCUT2D eigenvalue weighted by atomic mass is 9.53. The van der Waals surface area contributed by atoms with Gasteiger partial charge in [-0.2, -0.15) is 0 Å². The summed E-state index contributed by atoms with van der Waals surface area (Å²) in [5.74, 6) is 1.87. The molecule has 4 aliphatic rings. The lowest BCUT2D eigenvalue weighted by molar-refractivity contribution is -0.0167. The maximum absolute atomic E-state index is 13.6. The molecule has 1 aromatic rings. The van der Waals surface area contributed by atoms with Crippen molar-refractivity contribution >= 4 is 21.8 Å². The molecule has 1 N–H and O–H groups in total. The van der Waals surface area contributed by atoms with Crippen LogP contribution in [-0.4, -0.2) is 11.4 Å². The number of carbonyl (C=O) groups excluding carboxylic acids is 1. The van der Waals surface area contributed by atoms with Gasteiger partial charge in [0.1, 0.15) is 5.82 Å². The first-order valence-corrected chi connectivity index (χ1v) is 8.60. The van der Waals surface area contributed by atoms with Crippen LogP contribution in [0.2, 0.25) is 0 Å². The normalized spacial score (nSPS) is 36.8. The zero-order valence-corrected chi connectivity index (χ0v) is 13.5. The molecule has 0 radical (unpaired) electrons. The van der Waals surface area contributed by atoms with Gasteiger partial charge >= 0.3 is 0 Å². The largest absolute Gasteiger partial charge is 0.347 e. The lowest BCUT2D eigenvalue weighted by Gasteiger charge is -2.56. The Bertz CT molecular complexity index is 565. The summed E-state index contributed by atoms with van der Waals surface area (Å²) >= 11 is 3.13. The highest BCUT2D eigenvalue weighted by molar-refractivity contribution is 9.10. The van der Waals surface area contributed by atoms with E-state index < -0.39 is 0 Å². The number of rotatable bonds is 2. The molecule has 1 amide bonds. The molecule has 0 aromatic heterocycles. The minimum absolute atomic E-state index is 0.0185. The fourth-order valence-electron chi connectivity index (χ4n) is 5.21. The van der Waals surface area contributed by atoms with Gasteiger partial charge in [-0.05, 0) is 90.4 Å². The monoisotopic (exact) mass is 351 g/mol. The molecule has 0 spiro atoms. The van der Waals surface area contributed by atoms with Crippen LogP contribution < -0.4 is 5.32 Å². The molecule has 0 aliphatic heterocycles. The molecular weight excluding hydrogens is 333 g/mol. The molecule has 4 saturated carbocycles. The van der Waals surface area contributed by atoms with Crippen LogP contribution in [0.15, 0.2) is 22.7 Å². The minimum atomic E-state index is -0.381. The van der Waals surface area contributed by atoms with Gasteiger partial charge in [0.15, 0.2) is 0 Å². The second-order valence-corrected chi connectivity index (χ2v) is 8.14. The molecule has 0 unspecified atom stereocenters. The number of hydrogen-bond acceptors (Lipinski definition) is 1. The second-order valence-electron chi connectivity index (χ2n) is 7.28. The zero-order chi connectivity index (χ0) is 14.6. The molecule has 0 saturated heterocycles. The van der Waals surface area contributed by atoms with Crippen LogP contribution in [0.25, 0.3) is 0 Å². The van der Waals surface area contributed by atoms with Crippen LogP contribution in [0.5, 0.6) is 0 Å². The number of halogens is 2. The summed E-state index contributed by atoms with van der Waals surface area (Å²) in [6, 6.07) is 4.60. The number of carbonyl (C=O) groups is 1. The van der Waals surface area contributed by atoms with Gasteiger partial charge in [0, 0.05) is 11.1 Å². The first-order valence-electron chi connectivity index (χ1n) is 7.81. The summed E-state index contributed by atoms with van der Waals surface area (Å²) in [5.41, 5.74) is 0.404. The SMILES string of the molecule is O=C(NC12CC3CC(CC(C3)C1)C2)c1ccc(Br)c(F)c1. The topological polar surface area (TPSA) is 29.1 Å². The highest BCUT2D eigenvalue weighted by Gasteiger charge is 2.51. The third-order valence-electron chi connectivity index (χ3n) is 5.60. The third kappa shape index (κ3) is 2.41. The molecule has 4 aliphatic carbocycles. The van der Waals surface area contributed by atoms with Gasteiger partial charge in [-0.3, -0.25) is 4.79 Å². The number of nitrogens with one attached hydrogen (secondary N) is 1. The minimum Gasteiger partial charge on any atom is -0.347 e. The standard InChI is InChI=1S/C17H19BrFNO/c18-14-2-1-13(6-15(14)19)16(21)20-17-7-10-3-11(8-17)5-12(4-10)9-17/h1-2,6,10-12H,3-5,7-9H2,(H,20,21). The van der Waals surface area contributed by atoms with Gasteiger partial charge in [-0.15, -0.1) is 0 Å². The summed E-state index contributed by atoms with van der Waals surface area (Å²) in [6.45, 7) is 0. The highest BCUT2D eigenvalue weighted by atomic mass is 79.9. The molecule has 112 valence electrons. The van der Waals surface area contributed by atoms with E-state index in [9.17, 15) is 9.18 Å². The van der Waals surface area contributed by atoms with E-state index in [1.165, 1.54) is 25.3 Å². The predicted molar refractivity (Wildman–Crippen MR) is 82.5 cm³/mol. The van der Waals surface area contributed by atoms with E-state index in [0.717, 1.165) is 37.0 Å². The highest BCUT2D eigenvalue weighted by Crippen LogP contribution is 2.55.